The van der Waals surface area contributed by atoms with Crippen LogP contribution in [0.25, 0.3) is 11.0 Å². The minimum Gasteiger partial charge on any atom is -0.366 e. The Labute approximate surface area is 132 Å². The third-order valence-electron chi connectivity index (χ3n) is 3.74. The fraction of sp³-hybridized carbons (Fsp3) is 0.429. The maximum Gasteiger partial charge on any atom is 0.251 e. The first-order chi connectivity index (χ1) is 11.2. The first-order valence-corrected chi connectivity index (χ1v) is 7.23. The lowest BCUT2D eigenvalue weighted by Gasteiger charge is -2.38. The van der Waals surface area contributed by atoms with E-state index in [4.69, 9.17) is 10.00 Å². The summed E-state index contributed by atoms with van der Waals surface area (Å²) in [4.78, 5) is 23.5. The van der Waals surface area contributed by atoms with Gasteiger partial charge in [0, 0.05) is 19.8 Å². The fourth-order valence-electron chi connectivity index (χ4n) is 2.56. The summed E-state index contributed by atoms with van der Waals surface area (Å²) in [6, 6.07) is 3.80. The van der Waals surface area contributed by atoms with Crippen molar-refractivity contribution in [1.29, 1.82) is 5.26 Å². The van der Waals surface area contributed by atoms with E-state index in [1.165, 1.54) is 6.33 Å². The van der Waals surface area contributed by atoms with E-state index in [-0.39, 0.29) is 12.5 Å². The molecule has 1 amide bonds. The second kappa shape index (κ2) is 6.60. The van der Waals surface area contributed by atoms with Crippen LogP contribution < -0.4 is 10.3 Å². The van der Waals surface area contributed by atoms with Crippen LogP contribution in [0.4, 0.5) is 5.82 Å². The minimum atomic E-state index is -0.608. The number of carbonyl (C=O) groups excluding carboxylic acids is 1. The van der Waals surface area contributed by atoms with Gasteiger partial charge >= 0.3 is 0 Å². The Kier molecular flexibility index (Phi) is 4.36. The Morgan fingerprint density at radius 3 is 3.35 bits per heavy atom. The molecular formula is C14H17N7O2. The number of nitrogens with one attached hydrogen (secondary N) is 2. The summed E-state index contributed by atoms with van der Waals surface area (Å²) in [5.41, 5.74) is 0.762. The number of aromatic amines is 1. The van der Waals surface area contributed by atoms with Gasteiger partial charge in [-0.25, -0.2) is 15.0 Å². The number of carbonyl (C=O) groups is 1. The lowest BCUT2D eigenvalue weighted by Crippen LogP contribution is -2.55. The van der Waals surface area contributed by atoms with Crippen LogP contribution in [0.5, 0.6) is 0 Å². The standard InChI is InChI=1S/C14H17N7O2/c1-20(13-10-2-4-16-12(10)18-9-19-13)21-6-7-23-11(8-21)14(22)17-5-3-15/h2,4,9,11H,5-8H2,1H3,(H,17,22)(H,16,18,19). The number of fused-ring (bicyclic) bond motifs is 1. The Hall–Kier alpha value is -2.70. The van der Waals surface area contributed by atoms with Gasteiger partial charge < -0.3 is 15.0 Å². The molecular weight excluding hydrogens is 298 g/mol. The molecule has 1 unspecified atom stereocenters. The van der Waals surface area contributed by atoms with Gasteiger partial charge in [-0.3, -0.25) is 9.80 Å². The lowest BCUT2D eigenvalue weighted by molar-refractivity contribution is -0.138. The van der Waals surface area contributed by atoms with Crippen LogP contribution in [0.15, 0.2) is 18.6 Å². The van der Waals surface area contributed by atoms with Crippen molar-refractivity contribution in [2.75, 3.05) is 38.3 Å². The number of morpholine rings is 1. The smallest absolute Gasteiger partial charge is 0.251 e. The van der Waals surface area contributed by atoms with Gasteiger partial charge in [-0.1, -0.05) is 0 Å². The molecule has 3 rings (SSSR count). The van der Waals surface area contributed by atoms with Crippen LogP contribution in [0, 0.1) is 11.3 Å². The summed E-state index contributed by atoms with van der Waals surface area (Å²) in [5.74, 6) is 0.480. The number of amides is 1. The molecule has 2 N–H and O–H groups in total. The normalized spacial score (nSPS) is 18.5. The van der Waals surface area contributed by atoms with Gasteiger partial charge in [0.05, 0.1) is 24.6 Å². The fourth-order valence-corrected chi connectivity index (χ4v) is 2.56. The van der Waals surface area contributed by atoms with Crippen LogP contribution in [0.3, 0.4) is 0 Å². The topological polar surface area (TPSA) is 110 Å². The molecule has 9 heteroatoms. The van der Waals surface area contributed by atoms with Gasteiger partial charge in [-0.15, -0.1) is 0 Å². The molecule has 9 nitrogen and oxygen atoms in total. The van der Waals surface area contributed by atoms with Gasteiger partial charge in [0.15, 0.2) is 11.9 Å². The predicted octanol–water partition coefficient (Wildman–Crippen LogP) is -0.350. The van der Waals surface area contributed by atoms with Gasteiger partial charge in [0.1, 0.15) is 18.5 Å². The Morgan fingerprint density at radius 2 is 2.52 bits per heavy atom. The number of hydrogen-bond acceptors (Lipinski definition) is 7. The number of nitrogens with zero attached hydrogens (tertiary/aromatic N) is 5. The van der Waals surface area contributed by atoms with Crippen LogP contribution in [-0.2, 0) is 9.53 Å². The van der Waals surface area contributed by atoms with Crippen molar-refractivity contribution in [3.8, 4) is 6.07 Å². The van der Waals surface area contributed by atoms with Crippen LogP contribution >= 0.6 is 0 Å². The number of anilines is 1. The van der Waals surface area contributed by atoms with Crippen LogP contribution in [0.1, 0.15) is 0 Å². The third-order valence-corrected chi connectivity index (χ3v) is 3.74. The van der Waals surface area contributed by atoms with E-state index in [9.17, 15) is 4.79 Å². The summed E-state index contributed by atoms with van der Waals surface area (Å²) in [5, 5.41) is 15.9. The monoisotopic (exact) mass is 315 g/mol. The number of rotatable bonds is 4. The SMILES string of the molecule is CN(c1ncnc2[nH]ccc12)N1CCOC(C(=O)NCC#N)C1. The van der Waals surface area contributed by atoms with Crippen molar-refractivity contribution in [2.45, 2.75) is 6.10 Å². The Morgan fingerprint density at radius 1 is 1.65 bits per heavy atom. The number of aromatic nitrogens is 3. The summed E-state index contributed by atoms with van der Waals surface area (Å²) in [6.07, 6.45) is 2.71. The number of H-pyrrole nitrogens is 1. The van der Waals surface area contributed by atoms with Crippen molar-refractivity contribution in [3.63, 3.8) is 0 Å². The summed E-state index contributed by atoms with van der Waals surface area (Å²) in [6.45, 7) is 1.44. The number of ether oxygens (including phenoxy) is 1. The Balaban J connectivity index is 1.74. The molecule has 1 atom stereocenters. The molecule has 1 aliphatic rings. The maximum absolute atomic E-state index is 12.0. The molecule has 0 saturated carbocycles. The molecule has 0 radical (unpaired) electrons. The molecule has 0 aliphatic carbocycles. The van der Waals surface area contributed by atoms with E-state index < -0.39 is 6.10 Å². The molecule has 23 heavy (non-hydrogen) atoms. The van der Waals surface area contributed by atoms with E-state index >= 15 is 0 Å². The molecule has 0 aromatic carbocycles. The Bertz CT molecular complexity index is 738. The zero-order valence-corrected chi connectivity index (χ0v) is 12.7. The average molecular weight is 315 g/mol. The maximum atomic E-state index is 12.0. The highest BCUT2D eigenvalue weighted by molar-refractivity contribution is 5.87. The first kappa shape index (κ1) is 15.2. The van der Waals surface area contributed by atoms with Gasteiger partial charge in [0.2, 0.25) is 0 Å². The summed E-state index contributed by atoms with van der Waals surface area (Å²) < 4.78 is 5.50. The zero-order valence-electron chi connectivity index (χ0n) is 12.7. The van der Waals surface area contributed by atoms with Gasteiger partial charge in [0.25, 0.3) is 5.91 Å². The summed E-state index contributed by atoms with van der Waals surface area (Å²) in [7, 11) is 1.89. The third kappa shape index (κ3) is 3.08. The van der Waals surface area contributed by atoms with Crippen LogP contribution in [0.2, 0.25) is 0 Å². The molecule has 1 fully saturated rings. The second-order valence-electron chi connectivity index (χ2n) is 5.11. The molecule has 0 spiro atoms. The van der Waals surface area contributed by atoms with E-state index in [2.05, 4.69) is 20.3 Å². The number of hydrogen-bond donors (Lipinski definition) is 2. The van der Waals surface area contributed by atoms with Crippen molar-refractivity contribution >= 4 is 22.8 Å². The molecule has 0 bridgehead atoms. The number of hydrazine groups is 1. The molecule has 2 aromatic heterocycles. The lowest BCUT2D eigenvalue weighted by atomic mass is 10.2. The molecule has 2 aromatic rings. The predicted molar refractivity (Wildman–Crippen MR) is 82.2 cm³/mol. The highest BCUT2D eigenvalue weighted by Crippen LogP contribution is 2.23. The number of nitriles is 1. The largest absolute Gasteiger partial charge is 0.366 e. The van der Waals surface area contributed by atoms with Crippen molar-refractivity contribution < 1.29 is 9.53 Å². The zero-order chi connectivity index (χ0) is 16.2. The molecule has 120 valence electrons. The van der Waals surface area contributed by atoms with Gasteiger partial charge in [-0.2, -0.15) is 5.26 Å². The highest BCUT2D eigenvalue weighted by atomic mass is 16.5. The first-order valence-electron chi connectivity index (χ1n) is 7.23. The molecule has 3 heterocycles. The second-order valence-corrected chi connectivity index (χ2v) is 5.11. The van der Waals surface area contributed by atoms with Crippen molar-refractivity contribution in [3.05, 3.63) is 18.6 Å². The minimum absolute atomic E-state index is 0.0234. The van der Waals surface area contributed by atoms with Crippen LogP contribution in [-0.4, -0.2) is 65.3 Å². The average Bonchev–Trinajstić information content (AvgIpc) is 3.07. The van der Waals surface area contributed by atoms with E-state index in [0.717, 1.165) is 16.9 Å². The molecule has 1 aliphatic heterocycles. The van der Waals surface area contributed by atoms with Crippen molar-refractivity contribution in [2.24, 2.45) is 0 Å². The van der Waals surface area contributed by atoms with E-state index in [1.807, 2.05) is 35.4 Å². The van der Waals surface area contributed by atoms with Gasteiger partial charge in [-0.05, 0) is 6.07 Å². The summed E-state index contributed by atoms with van der Waals surface area (Å²) >= 11 is 0. The van der Waals surface area contributed by atoms with E-state index in [1.54, 1.807) is 0 Å². The highest BCUT2D eigenvalue weighted by Gasteiger charge is 2.29. The quantitative estimate of drug-likeness (QED) is 0.742. The van der Waals surface area contributed by atoms with Crippen molar-refractivity contribution in [1.82, 2.24) is 25.3 Å². The molecule has 1 saturated heterocycles. The van der Waals surface area contributed by atoms with E-state index in [0.29, 0.717) is 19.7 Å².